The van der Waals surface area contributed by atoms with Crippen LogP contribution in [0.3, 0.4) is 0 Å². The zero-order valence-corrected chi connectivity index (χ0v) is 14.5. The van der Waals surface area contributed by atoms with E-state index in [2.05, 4.69) is 34.6 Å². The van der Waals surface area contributed by atoms with Gasteiger partial charge in [-0.15, -0.1) is 0 Å². The largest absolute Gasteiger partial charge is 0.376 e. The summed E-state index contributed by atoms with van der Waals surface area (Å²) < 4.78 is 6.25. The lowest BCUT2D eigenvalue weighted by Gasteiger charge is -2.40. The molecule has 2 heteroatoms. The summed E-state index contributed by atoms with van der Waals surface area (Å²) >= 11 is 0. The van der Waals surface area contributed by atoms with Gasteiger partial charge in [-0.1, -0.05) is 53.9 Å². The van der Waals surface area contributed by atoms with Crippen molar-refractivity contribution in [1.82, 2.24) is 0 Å². The van der Waals surface area contributed by atoms with Crippen LogP contribution in [0, 0.1) is 17.3 Å². The minimum Gasteiger partial charge on any atom is -0.376 e. The van der Waals surface area contributed by atoms with Crippen LogP contribution in [0.15, 0.2) is 0 Å². The molecule has 0 amide bonds. The summed E-state index contributed by atoms with van der Waals surface area (Å²) in [4.78, 5) is 0. The van der Waals surface area contributed by atoms with Crippen molar-refractivity contribution in [2.75, 3.05) is 6.61 Å². The normalized spacial score (nSPS) is 29.4. The van der Waals surface area contributed by atoms with Crippen molar-refractivity contribution in [3.63, 3.8) is 0 Å². The lowest BCUT2D eigenvalue weighted by Crippen LogP contribution is -2.45. The van der Waals surface area contributed by atoms with E-state index < -0.39 is 0 Å². The molecule has 2 nitrogen and oxygen atoms in total. The van der Waals surface area contributed by atoms with Gasteiger partial charge in [-0.05, 0) is 42.9 Å². The van der Waals surface area contributed by atoms with Crippen molar-refractivity contribution in [3.05, 3.63) is 0 Å². The molecule has 1 aliphatic rings. The summed E-state index contributed by atoms with van der Waals surface area (Å²) in [6.45, 7) is 12.5. The first-order valence-electron chi connectivity index (χ1n) is 8.75. The maximum atomic E-state index is 6.29. The molecule has 0 radical (unpaired) electrons. The molecule has 1 aliphatic carbocycles. The maximum absolute atomic E-state index is 6.29. The zero-order valence-electron chi connectivity index (χ0n) is 14.5. The Kier molecular flexibility index (Phi) is 7.53. The SMILES string of the molecule is CCCCC(CC)COC1CC(C(C)(C)C)CCC1N. The second kappa shape index (κ2) is 8.38. The highest BCUT2D eigenvalue weighted by molar-refractivity contribution is 4.88. The molecule has 0 aromatic rings. The van der Waals surface area contributed by atoms with Crippen molar-refractivity contribution in [2.45, 2.75) is 91.7 Å². The molecule has 2 N–H and O–H groups in total. The number of hydrogen-bond acceptors (Lipinski definition) is 2. The van der Waals surface area contributed by atoms with Crippen molar-refractivity contribution < 1.29 is 4.74 Å². The van der Waals surface area contributed by atoms with E-state index in [0.717, 1.165) is 31.3 Å². The molecule has 4 unspecified atom stereocenters. The highest BCUT2D eigenvalue weighted by atomic mass is 16.5. The number of rotatable bonds is 7. The third-order valence-corrected chi connectivity index (χ3v) is 5.16. The van der Waals surface area contributed by atoms with Gasteiger partial charge in [0, 0.05) is 12.6 Å². The number of nitrogens with two attached hydrogens (primary N) is 1. The first kappa shape index (κ1) is 18.0. The lowest BCUT2D eigenvalue weighted by molar-refractivity contribution is -0.0342. The van der Waals surface area contributed by atoms with Gasteiger partial charge in [0.1, 0.15) is 0 Å². The second-order valence-corrected chi connectivity index (χ2v) is 7.83. The first-order chi connectivity index (χ1) is 9.38. The molecule has 1 fully saturated rings. The summed E-state index contributed by atoms with van der Waals surface area (Å²) in [6.07, 6.45) is 8.95. The van der Waals surface area contributed by atoms with Gasteiger partial charge in [0.2, 0.25) is 0 Å². The van der Waals surface area contributed by atoms with E-state index in [1.165, 1.54) is 32.1 Å². The quantitative estimate of drug-likeness (QED) is 0.731. The van der Waals surface area contributed by atoms with Crippen molar-refractivity contribution in [1.29, 1.82) is 0 Å². The smallest absolute Gasteiger partial charge is 0.0728 e. The van der Waals surface area contributed by atoms with Crippen molar-refractivity contribution >= 4 is 0 Å². The topological polar surface area (TPSA) is 35.2 Å². The Balaban J connectivity index is 2.43. The van der Waals surface area contributed by atoms with Crippen LogP contribution < -0.4 is 5.73 Å². The molecule has 0 aromatic carbocycles. The Morgan fingerprint density at radius 1 is 1.20 bits per heavy atom. The fraction of sp³-hybridized carbons (Fsp3) is 1.00. The molecule has 4 atom stereocenters. The molecular weight excluding hydrogens is 246 g/mol. The fourth-order valence-corrected chi connectivity index (χ4v) is 3.29. The summed E-state index contributed by atoms with van der Waals surface area (Å²) in [5, 5.41) is 0. The van der Waals surface area contributed by atoms with E-state index in [-0.39, 0.29) is 12.1 Å². The van der Waals surface area contributed by atoms with Crippen LogP contribution in [-0.4, -0.2) is 18.8 Å². The summed E-state index contributed by atoms with van der Waals surface area (Å²) in [5.74, 6) is 1.47. The van der Waals surface area contributed by atoms with Crippen LogP contribution >= 0.6 is 0 Å². The van der Waals surface area contributed by atoms with Gasteiger partial charge in [0.05, 0.1) is 6.10 Å². The van der Waals surface area contributed by atoms with Gasteiger partial charge in [0.25, 0.3) is 0 Å². The molecule has 0 aliphatic heterocycles. The van der Waals surface area contributed by atoms with Crippen LogP contribution in [0.5, 0.6) is 0 Å². The molecule has 0 aromatic heterocycles. The third kappa shape index (κ3) is 5.73. The molecule has 1 saturated carbocycles. The average Bonchev–Trinajstić information content (AvgIpc) is 2.39. The van der Waals surface area contributed by atoms with Crippen LogP contribution in [0.1, 0.15) is 79.6 Å². The minimum absolute atomic E-state index is 0.247. The molecule has 0 spiro atoms. The summed E-state index contributed by atoms with van der Waals surface area (Å²) in [5.41, 5.74) is 6.67. The van der Waals surface area contributed by atoms with Gasteiger partial charge in [0.15, 0.2) is 0 Å². The van der Waals surface area contributed by atoms with Crippen LogP contribution in [0.25, 0.3) is 0 Å². The molecule has 0 bridgehead atoms. The molecule has 0 saturated heterocycles. The highest BCUT2D eigenvalue weighted by Gasteiger charge is 2.35. The van der Waals surface area contributed by atoms with E-state index in [9.17, 15) is 0 Å². The highest BCUT2D eigenvalue weighted by Crippen LogP contribution is 2.38. The van der Waals surface area contributed by atoms with Crippen molar-refractivity contribution in [3.8, 4) is 0 Å². The fourth-order valence-electron chi connectivity index (χ4n) is 3.29. The van der Waals surface area contributed by atoms with E-state index in [4.69, 9.17) is 10.5 Å². The average molecular weight is 283 g/mol. The number of ether oxygens (including phenoxy) is 1. The lowest BCUT2D eigenvalue weighted by atomic mass is 9.70. The van der Waals surface area contributed by atoms with E-state index in [0.29, 0.717) is 5.41 Å². The standard InChI is InChI=1S/C18H37NO/c1-6-8-9-14(7-2)13-20-17-12-15(18(3,4)5)10-11-16(17)19/h14-17H,6-13,19H2,1-5H3. The first-order valence-corrected chi connectivity index (χ1v) is 8.75. The van der Waals surface area contributed by atoms with E-state index >= 15 is 0 Å². The Morgan fingerprint density at radius 2 is 1.90 bits per heavy atom. The molecular formula is C18H37NO. The van der Waals surface area contributed by atoms with Gasteiger partial charge in [-0.3, -0.25) is 0 Å². The molecule has 0 heterocycles. The zero-order chi connectivity index (χ0) is 15.2. The second-order valence-electron chi connectivity index (χ2n) is 7.83. The predicted octanol–water partition coefficient (Wildman–Crippen LogP) is 4.76. The third-order valence-electron chi connectivity index (χ3n) is 5.16. The number of unbranched alkanes of at least 4 members (excludes halogenated alkanes) is 1. The van der Waals surface area contributed by atoms with Gasteiger partial charge < -0.3 is 10.5 Å². The summed E-state index contributed by atoms with van der Waals surface area (Å²) in [6, 6.07) is 0.247. The van der Waals surface area contributed by atoms with Crippen LogP contribution in [-0.2, 0) is 4.74 Å². The Labute approximate surface area is 126 Å². The van der Waals surface area contributed by atoms with Crippen LogP contribution in [0.2, 0.25) is 0 Å². The predicted molar refractivity (Wildman–Crippen MR) is 87.8 cm³/mol. The molecule has 120 valence electrons. The summed E-state index contributed by atoms with van der Waals surface area (Å²) in [7, 11) is 0. The Bertz CT molecular complexity index is 259. The Hall–Kier alpha value is -0.0800. The van der Waals surface area contributed by atoms with Gasteiger partial charge in [-0.2, -0.15) is 0 Å². The minimum atomic E-state index is 0.247. The maximum Gasteiger partial charge on any atom is 0.0728 e. The monoisotopic (exact) mass is 283 g/mol. The van der Waals surface area contributed by atoms with Gasteiger partial charge in [-0.25, -0.2) is 0 Å². The van der Waals surface area contributed by atoms with Crippen molar-refractivity contribution in [2.24, 2.45) is 23.0 Å². The van der Waals surface area contributed by atoms with E-state index in [1.807, 2.05) is 0 Å². The van der Waals surface area contributed by atoms with E-state index in [1.54, 1.807) is 0 Å². The number of hydrogen-bond donors (Lipinski definition) is 1. The molecule has 1 rings (SSSR count). The molecule has 20 heavy (non-hydrogen) atoms. The Morgan fingerprint density at radius 3 is 2.45 bits per heavy atom. The van der Waals surface area contributed by atoms with Gasteiger partial charge >= 0.3 is 0 Å². The van der Waals surface area contributed by atoms with Crippen LogP contribution in [0.4, 0.5) is 0 Å².